The molecule has 1 aromatic rings. The molecule has 0 aromatic heterocycles. The molecule has 0 radical (unpaired) electrons. The molecule has 1 saturated heterocycles. The van der Waals surface area contributed by atoms with Gasteiger partial charge in [-0.1, -0.05) is 29.8 Å². The van der Waals surface area contributed by atoms with E-state index >= 15 is 0 Å². The Kier molecular flexibility index (Phi) is 4.87. The monoisotopic (exact) mass is 328 g/mol. The zero-order chi connectivity index (χ0) is 13.9. The highest BCUT2D eigenvalue weighted by molar-refractivity contribution is 9.10. The highest BCUT2D eigenvalue weighted by Crippen LogP contribution is 2.31. The predicted molar refractivity (Wildman–Crippen MR) is 78.7 cm³/mol. The van der Waals surface area contributed by atoms with Gasteiger partial charge in [-0.3, -0.25) is 0 Å². The third-order valence-electron chi connectivity index (χ3n) is 3.51. The van der Waals surface area contributed by atoms with Crippen molar-refractivity contribution in [1.29, 1.82) is 0 Å². The van der Waals surface area contributed by atoms with Crippen LogP contribution >= 0.6 is 15.9 Å². The molecule has 1 N–H and O–H groups in total. The fourth-order valence-electron chi connectivity index (χ4n) is 2.21. The highest BCUT2D eigenvalue weighted by atomic mass is 79.9. The van der Waals surface area contributed by atoms with Crippen LogP contribution in [0.25, 0.3) is 0 Å². The molecule has 0 aliphatic carbocycles. The smallest absolute Gasteiger partial charge is 0.122 e. The van der Waals surface area contributed by atoms with Gasteiger partial charge in [0.1, 0.15) is 18.0 Å². The van der Waals surface area contributed by atoms with Crippen molar-refractivity contribution in [2.24, 2.45) is 0 Å². The number of ether oxygens (including phenoxy) is 2. The summed E-state index contributed by atoms with van der Waals surface area (Å²) >= 11 is 3.48. The van der Waals surface area contributed by atoms with Crippen LogP contribution in [0, 0.1) is 0 Å². The number of aliphatic hydroxyl groups is 1. The maximum Gasteiger partial charge on any atom is 0.122 e. The molecule has 0 bridgehead atoms. The van der Waals surface area contributed by atoms with Crippen LogP contribution in [0.2, 0.25) is 0 Å². The first-order chi connectivity index (χ1) is 9.00. The number of rotatable bonds is 4. The van der Waals surface area contributed by atoms with Gasteiger partial charge in [0.2, 0.25) is 0 Å². The maximum absolute atomic E-state index is 10.4. The Balaban J connectivity index is 2.06. The minimum atomic E-state index is -0.750. The lowest BCUT2D eigenvalue weighted by atomic mass is 9.95. The molecule has 2 rings (SSSR count). The van der Waals surface area contributed by atoms with Gasteiger partial charge in [0.15, 0.2) is 0 Å². The molecule has 0 amide bonds. The lowest BCUT2D eigenvalue weighted by molar-refractivity contribution is -0.0857. The van der Waals surface area contributed by atoms with E-state index in [4.69, 9.17) is 9.47 Å². The Morgan fingerprint density at radius 1 is 1.37 bits per heavy atom. The van der Waals surface area contributed by atoms with Crippen molar-refractivity contribution in [3.63, 3.8) is 0 Å². The highest BCUT2D eigenvalue weighted by Gasteiger charge is 2.31. The van der Waals surface area contributed by atoms with Gasteiger partial charge in [-0.15, -0.1) is 0 Å². The van der Waals surface area contributed by atoms with E-state index < -0.39 is 5.60 Å². The van der Waals surface area contributed by atoms with Crippen molar-refractivity contribution in [1.82, 2.24) is 0 Å². The van der Waals surface area contributed by atoms with Gasteiger partial charge in [-0.25, -0.2) is 0 Å². The van der Waals surface area contributed by atoms with E-state index in [1.54, 1.807) is 0 Å². The van der Waals surface area contributed by atoms with Gasteiger partial charge in [0.05, 0.1) is 0 Å². The molecule has 19 heavy (non-hydrogen) atoms. The van der Waals surface area contributed by atoms with Crippen LogP contribution in [0.4, 0.5) is 0 Å². The summed E-state index contributed by atoms with van der Waals surface area (Å²) in [6, 6.07) is 6.01. The molecule has 0 saturated carbocycles. The van der Waals surface area contributed by atoms with Crippen molar-refractivity contribution < 1.29 is 14.6 Å². The van der Waals surface area contributed by atoms with Crippen LogP contribution in [0.15, 0.2) is 22.7 Å². The van der Waals surface area contributed by atoms with E-state index in [-0.39, 0.29) is 0 Å². The summed E-state index contributed by atoms with van der Waals surface area (Å²) in [5.41, 5.74) is 0.407. The van der Waals surface area contributed by atoms with Crippen molar-refractivity contribution >= 4 is 15.9 Å². The Labute approximate surface area is 123 Å². The molecular weight excluding hydrogens is 308 g/mol. The number of benzene rings is 1. The minimum absolute atomic E-state index is 0.331. The van der Waals surface area contributed by atoms with Crippen LogP contribution in [0.3, 0.4) is 0 Å². The molecule has 1 aliphatic heterocycles. The zero-order valence-electron chi connectivity index (χ0n) is 11.5. The average Bonchev–Trinajstić information content (AvgIpc) is 2.38. The standard InChI is InChI=1S/C15H21BrO3/c1-11(2)13-9-12(16)3-4-14(13)19-10-15(17)5-7-18-8-6-15/h3-4,9,11,17H,5-8,10H2,1-2H3. The van der Waals surface area contributed by atoms with Gasteiger partial charge in [0, 0.05) is 30.5 Å². The third-order valence-corrected chi connectivity index (χ3v) is 4.01. The summed E-state index contributed by atoms with van der Waals surface area (Å²) in [7, 11) is 0. The molecule has 0 atom stereocenters. The maximum atomic E-state index is 10.4. The number of halogens is 1. The molecule has 3 nitrogen and oxygen atoms in total. The second-order valence-electron chi connectivity index (χ2n) is 5.46. The number of hydrogen-bond donors (Lipinski definition) is 1. The molecular formula is C15H21BrO3. The molecule has 1 aliphatic rings. The SMILES string of the molecule is CC(C)c1cc(Br)ccc1OCC1(O)CCOCC1. The minimum Gasteiger partial charge on any atom is -0.490 e. The quantitative estimate of drug-likeness (QED) is 0.919. The van der Waals surface area contributed by atoms with Gasteiger partial charge in [-0.2, -0.15) is 0 Å². The number of hydrogen-bond acceptors (Lipinski definition) is 3. The predicted octanol–water partition coefficient (Wildman–Crippen LogP) is 3.49. The van der Waals surface area contributed by atoms with Crippen molar-refractivity contribution in [2.75, 3.05) is 19.8 Å². The molecule has 1 aromatic carbocycles. The first-order valence-corrected chi connectivity index (χ1v) is 7.52. The van der Waals surface area contributed by atoms with E-state index in [0.29, 0.717) is 38.6 Å². The first-order valence-electron chi connectivity index (χ1n) is 6.72. The topological polar surface area (TPSA) is 38.7 Å². The van der Waals surface area contributed by atoms with Gasteiger partial charge in [0.25, 0.3) is 0 Å². The second-order valence-corrected chi connectivity index (χ2v) is 6.38. The Hall–Kier alpha value is -0.580. The summed E-state index contributed by atoms with van der Waals surface area (Å²) in [6.45, 7) is 5.82. The first kappa shape index (κ1) is 14.8. The van der Waals surface area contributed by atoms with Crippen LogP contribution in [0.1, 0.15) is 38.2 Å². The second kappa shape index (κ2) is 6.25. The molecule has 0 spiro atoms. The van der Waals surface area contributed by atoms with Gasteiger partial charge < -0.3 is 14.6 Å². The van der Waals surface area contributed by atoms with Crippen molar-refractivity contribution in [2.45, 2.75) is 38.2 Å². The van der Waals surface area contributed by atoms with E-state index in [0.717, 1.165) is 15.8 Å². The van der Waals surface area contributed by atoms with Crippen LogP contribution < -0.4 is 4.74 Å². The fourth-order valence-corrected chi connectivity index (χ4v) is 2.59. The average molecular weight is 329 g/mol. The Bertz CT molecular complexity index is 425. The van der Waals surface area contributed by atoms with E-state index in [1.165, 1.54) is 0 Å². The summed E-state index contributed by atoms with van der Waals surface area (Å²) < 4.78 is 12.2. The van der Waals surface area contributed by atoms with Gasteiger partial charge >= 0.3 is 0 Å². The fraction of sp³-hybridized carbons (Fsp3) is 0.600. The lowest BCUT2D eigenvalue weighted by Gasteiger charge is -2.32. The molecule has 0 unspecified atom stereocenters. The Morgan fingerprint density at radius 2 is 2.05 bits per heavy atom. The summed E-state index contributed by atoms with van der Waals surface area (Å²) in [5.74, 6) is 1.25. The lowest BCUT2D eigenvalue weighted by Crippen LogP contribution is -2.41. The van der Waals surface area contributed by atoms with Crippen LogP contribution in [-0.2, 0) is 4.74 Å². The van der Waals surface area contributed by atoms with E-state index in [1.807, 2.05) is 12.1 Å². The summed E-state index contributed by atoms with van der Waals surface area (Å²) in [4.78, 5) is 0. The third kappa shape index (κ3) is 3.94. The van der Waals surface area contributed by atoms with Crippen LogP contribution in [-0.4, -0.2) is 30.5 Å². The Morgan fingerprint density at radius 3 is 2.68 bits per heavy atom. The molecule has 4 heteroatoms. The zero-order valence-corrected chi connectivity index (χ0v) is 13.1. The normalized spacial score (nSPS) is 18.6. The summed E-state index contributed by atoms with van der Waals surface area (Å²) in [6.07, 6.45) is 1.28. The molecule has 1 heterocycles. The van der Waals surface area contributed by atoms with E-state index in [9.17, 15) is 5.11 Å². The molecule has 1 fully saturated rings. The van der Waals surface area contributed by atoms with Gasteiger partial charge in [-0.05, 0) is 29.7 Å². The van der Waals surface area contributed by atoms with Crippen molar-refractivity contribution in [3.8, 4) is 5.75 Å². The van der Waals surface area contributed by atoms with E-state index in [2.05, 4.69) is 35.8 Å². The van der Waals surface area contributed by atoms with Crippen molar-refractivity contribution in [3.05, 3.63) is 28.2 Å². The van der Waals surface area contributed by atoms with Crippen LogP contribution in [0.5, 0.6) is 5.75 Å². The largest absolute Gasteiger partial charge is 0.490 e. The summed E-state index contributed by atoms with van der Waals surface area (Å²) in [5, 5.41) is 10.4. The molecule has 106 valence electrons.